The van der Waals surface area contributed by atoms with Gasteiger partial charge in [-0.3, -0.25) is 8.98 Å². The van der Waals surface area contributed by atoms with E-state index in [0.29, 0.717) is 30.6 Å². The summed E-state index contributed by atoms with van der Waals surface area (Å²) in [5.74, 6) is 0.835. The third kappa shape index (κ3) is 4.07. The van der Waals surface area contributed by atoms with Crippen molar-refractivity contribution in [3.63, 3.8) is 0 Å². The van der Waals surface area contributed by atoms with Gasteiger partial charge in [-0.25, -0.2) is 0 Å². The molecule has 4 rings (SSSR count). The number of alkyl halides is 3. The summed E-state index contributed by atoms with van der Waals surface area (Å²) in [4.78, 5) is 12.8. The molecule has 1 unspecified atom stereocenters. The first-order valence-electron chi connectivity index (χ1n) is 11.4. The Morgan fingerprint density at radius 1 is 1.03 bits per heavy atom. The van der Waals surface area contributed by atoms with Gasteiger partial charge >= 0.3 is 6.18 Å². The van der Waals surface area contributed by atoms with Gasteiger partial charge in [-0.15, -0.1) is 0 Å². The van der Waals surface area contributed by atoms with Crippen LogP contribution in [0.2, 0.25) is 0 Å². The second kappa shape index (κ2) is 7.69. The summed E-state index contributed by atoms with van der Waals surface area (Å²) < 4.78 is 67.4. The van der Waals surface area contributed by atoms with E-state index < -0.39 is 28.5 Å². The van der Waals surface area contributed by atoms with E-state index in [1.165, 1.54) is 0 Å². The number of Topliss-reactive ketones (excluding diaryl/α,β-unsaturated/α-hetero) is 1. The molecule has 0 aliphatic heterocycles. The normalized spacial score (nSPS) is 45.5. The Bertz CT molecular complexity index is 827. The fourth-order valence-electron chi connectivity index (χ4n) is 7.93. The summed E-state index contributed by atoms with van der Waals surface area (Å²) in [6.45, 7) is 1.72. The molecule has 0 aromatic rings. The highest BCUT2D eigenvalue weighted by molar-refractivity contribution is 7.86. The van der Waals surface area contributed by atoms with Crippen molar-refractivity contribution in [2.24, 2.45) is 40.9 Å². The van der Waals surface area contributed by atoms with Crippen LogP contribution in [0.15, 0.2) is 0 Å². The molecule has 178 valence electrons. The highest BCUT2D eigenvalue weighted by Gasteiger charge is 2.62. The van der Waals surface area contributed by atoms with Gasteiger partial charge in [-0.1, -0.05) is 6.92 Å². The zero-order chi connectivity index (χ0) is 22.8. The fraction of sp³-hybridized carbons (Fsp3) is 0.955. The minimum atomic E-state index is -4.58. The van der Waals surface area contributed by atoms with Crippen LogP contribution in [0.3, 0.4) is 0 Å². The lowest BCUT2D eigenvalue weighted by Gasteiger charge is -2.57. The molecule has 9 heteroatoms. The summed E-state index contributed by atoms with van der Waals surface area (Å²) in [6.07, 6.45) is 1.27. The van der Waals surface area contributed by atoms with Crippen molar-refractivity contribution in [2.45, 2.75) is 76.5 Å². The average molecular weight is 467 g/mol. The lowest BCUT2D eigenvalue weighted by atomic mass is 9.49. The van der Waals surface area contributed by atoms with Crippen molar-refractivity contribution in [1.29, 1.82) is 0 Å². The van der Waals surface area contributed by atoms with E-state index in [1.807, 2.05) is 0 Å². The second-order valence-corrected chi connectivity index (χ2v) is 12.5. The van der Waals surface area contributed by atoms with E-state index in [1.54, 1.807) is 0 Å². The number of rotatable bonds is 4. The van der Waals surface area contributed by atoms with E-state index in [9.17, 15) is 31.5 Å². The van der Waals surface area contributed by atoms with Crippen molar-refractivity contribution >= 4 is 15.9 Å². The maximum Gasteiger partial charge on any atom is 0.417 e. The topological polar surface area (TPSA) is 80.7 Å². The summed E-state index contributed by atoms with van der Waals surface area (Å²) in [7, 11) is -3.67. The molecule has 0 aromatic heterocycles. The van der Waals surface area contributed by atoms with Crippen LogP contribution in [0.1, 0.15) is 64.7 Å². The van der Waals surface area contributed by atoms with Crippen molar-refractivity contribution in [1.82, 2.24) is 0 Å². The van der Waals surface area contributed by atoms with Crippen molar-refractivity contribution in [2.75, 3.05) is 12.9 Å². The standard InChI is InChI=1S/C22H33F3O5S/c1-20-9-7-15-14-8-10-21(27,22(23,24)25)11-13(14)3-4-16(15)17(20)5-6-18(20)19(26)12-30-31(2,28)29/h13-18,27H,3-12H2,1-2H3/t13-,14+,15?,16-,17+,18-,20+,21-/m1/s1. The highest BCUT2D eigenvalue weighted by Crippen LogP contribution is 2.65. The molecule has 0 saturated heterocycles. The molecular formula is C22H33F3O5S. The number of ketones is 1. The summed E-state index contributed by atoms with van der Waals surface area (Å²) in [5.41, 5.74) is -2.75. The molecule has 0 spiro atoms. The van der Waals surface area contributed by atoms with E-state index in [0.717, 1.165) is 38.4 Å². The van der Waals surface area contributed by atoms with Gasteiger partial charge in [0.2, 0.25) is 0 Å². The van der Waals surface area contributed by atoms with Crippen LogP contribution < -0.4 is 0 Å². The number of hydrogen-bond acceptors (Lipinski definition) is 5. The molecule has 8 atom stereocenters. The maximum atomic E-state index is 13.4. The molecule has 0 radical (unpaired) electrons. The first kappa shape index (κ1) is 23.5. The molecule has 4 aliphatic carbocycles. The van der Waals surface area contributed by atoms with Gasteiger partial charge in [0.25, 0.3) is 10.1 Å². The monoisotopic (exact) mass is 466 g/mol. The fourth-order valence-corrected chi connectivity index (χ4v) is 8.26. The van der Waals surface area contributed by atoms with Gasteiger partial charge in [0.05, 0.1) is 6.26 Å². The minimum Gasteiger partial charge on any atom is -0.380 e. The van der Waals surface area contributed by atoms with Crippen LogP contribution in [-0.2, 0) is 19.1 Å². The van der Waals surface area contributed by atoms with Gasteiger partial charge in [0, 0.05) is 5.92 Å². The van der Waals surface area contributed by atoms with Crippen molar-refractivity contribution in [3.05, 3.63) is 0 Å². The van der Waals surface area contributed by atoms with Crippen LogP contribution in [-0.4, -0.2) is 43.9 Å². The Balaban J connectivity index is 1.46. The molecule has 4 aliphatic rings. The van der Waals surface area contributed by atoms with Crippen LogP contribution in [0.4, 0.5) is 13.2 Å². The van der Waals surface area contributed by atoms with Gasteiger partial charge < -0.3 is 5.11 Å². The van der Waals surface area contributed by atoms with Gasteiger partial charge in [-0.05, 0) is 92.8 Å². The molecule has 0 amide bonds. The number of carbonyl (C=O) groups is 1. The SMILES string of the molecule is C[C@]12CCC3[C@H]4CC[C@](O)(C(F)(F)F)C[C@H]4CC[C@H]3[C@@H]1CC[C@@H]2C(=O)COS(C)(=O)=O. The molecule has 31 heavy (non-hydrogen) atoms. The molecule has 5 nitrogen and oxygen atoms in total. The molecular weight excluding hydrogens is 433 g/mol. The third-order valence-electron chi connectivity index (χ3n) is 9.34. The van der Waals surface area contributed by atoms with E-state index in [-0.39, 0.29) is 41.8 Å². The zero-order valence-corrected chi connectivity index (χ0v) is 19.0. The van der Waals surface area contributed by atoms with Crippen LogP contribution >= 0.6 is 0 Å². The first-order chi connectivity index (χ1) is 14.3. The Kier molecular flexibility index (Phi) is 5.83. The van der Waals surface area contributed by atoms with Gasteiger partial charge in [0.15, 0.2) is 11.4 Å². The second-order valence-electron chi connectivity index (χ2n) is 10.8. The summed E-state index contributed by atoms with van der Waals surface area (Å²) in [5, 5.41) is 10.2. The maximum absolute atomic E-state index is 13.4. The number of halogens is 3. The van der Waals surface area contributed by atoms with E-state index in [2.05, 4.69) is 6.92 Å². The average Bonchev–Trinajstić information content (AvgIpc) is 3.01. The van der Waals surface area contributed by atoms with Gasteiger partial charge in [-0.2, -0.15) is 21.6 Å². The number of aliphatic hydroxyl groups is 1. The highest BCUT2D eigenvalue weighted by atomic mass is 32.2. The van der Waals surface area contributed by atoms with Crippen molar-refractivity contribution < 1.29 is 35.7 Å². The Morgan fingerprint density at radius 2 is 1.71 bits per heavy atom. The minimum absolute atomic E-state index is 0.0898. The Labute approximate surface area is 182 Å². The third-order valence-corrected chi connectivity index (χ3v) is 9.89. The largest absolute Gasteiger partial charge is 0.417 e. The van der Waals surface area contributed by atoms with E-state index >= 15 is 0 Å². The quantitative estimate of drug-likeness (QED) is 0.631. The van der Waals surface area contributed by atoms with Crippen molar-refractivity contribution in [3.8, 4) is 0 Å². The van der Waals surface area contributed by atoms with Crippen LogP contribution in [0.5, 0.6) is 0 Å². The predicted molar refractivity (Wildman–Crippen MR) is 107 cm³/mol. The number of hydrogen-bond donors (Lipinski definition) is 1. The van der Waals surface area contributed by atoms with Gasteiger partial charge in [0.1, 0.15) is 6.61 Å². The Hall–Kier alpha value is -0.670. The smallest absolute Gasteiger partial charge is 0.380 e. The molecule has 0 heterocycles. The summed E-state index contributed by atoms with van der Waals surface area (Å²) >= 11 is 0. The van der Waals surface area contributed by atoms with Crippen LogP contribution in [0, 0.1) is 40.9 Å². The molecule has 1 N–H and O–H groups in total. The van der Waals surface area contributed by atoms with E-state index in [4.69, 9.17) is 4.18 Å². The number of carbonyl (C=O) groups excluding carboxylic acids is 1. The molecule has 4 fully saturated rings. The first-order valence-corrected chi connectivity index (χ1v) is 13.2. The zero-order valence-electron chi connectivity index (χ0n) is 18.2. The molecule has 0 bridgehead atoms. The number of fused-ring (bicyclic) bond motifs is 5. The molecule has 0 aromatic carbocycles. The van der Waals surface area contributed by atoms with Crippen LogP contribution in [0.25, 0.3) is 0 Å². The molecule has 4 saturated carbocycles. The lowest BCUT2D eigenvalue weighted by Crippen LogP contribution is -2.55. The summed E-state index contributed by atoms with van der Waals surface area (Å²) in [6, 6.07) is 0. The Morgan fingerprint density at radius 3 is 2.35 bits per heavy atom. The lowest BCUT2D eigenvalue weighted by molar-refractivity contribution is -0.282. The predicted octanol–water partition coefficient (Wildman–Crippen LogP) is 4.09.